The molecule has 0 radical (unpaired) electrons. The topological polar surface area (TPSA) is 80.0 Å². The molecule has 0 atom stereocenters. The molecule has 4 N–H and O–H groups in total. The molecule has 0 unspecified atom stereocenters. The minimum Gasteiger partial charge on any atom is -0.332 e. The molecule has 0 aliphatic carbocycles. The van der Waals surface area contributed by atoms with Gasteiger partial charge in [0.2, 0.25) is 0 Å². The van der Waals surface area contributed by atoms with Gasteiger partial charge in [-0.25, -0.2) is 4.79 Å². The maximum absolute atomic E-state index is 11.8. The number of anilines is 1. The first-order valence-corrected chi connectivity index (χ1v) is 6.44. The average Bonchev–Trinajstić information content (AvgIpc) is 2.46. The summed E-state index contributed by atoms with van der Waals surface area (Å²) in [5.74, 6) is 0. The van der Waals surface area contributed by atoms with Crippen LogP contribution in [0.25, 0.3) is 0 Å². The van der Waals surface area contributed by atoms with Crippen LogP contribution in [0.3, 0.4) is 0 Å². The van der Waals surface area contributed by atoms with Gasteiger partial charge in [-0.1, -0.05) is 18.2 Å². The lowest BCUT2D eigenvalue weighted by Gasteiger charge is -2.08. The first kappa shape index (κ1) is 14.0. The summed E-state index contributed by atoms with van der Waals surface area (Å²) in [5.41, 5.74) is 9.04. The summed E-state index contributed by atoms with van der Waals surface area (Å²) in [6.07, 6.45) is 0. The van der Waals surface area contributed by atoms with E-state index in [9.17, 15) is 4.79 Å². The molecule has 1 aromatic carbocycles. The molecule has 0 bridgehead atoms. The van der Waals surface area contributed by atoms with E-state index in [1.54, 1.807) is 0 Å². The SMILES string of the molecule is Cc1cccc(CNC(=O)Nc2ccc(CN)cc2)n1. The van der Waals surface area contributed by atoms with E-state index in [0.29, 0.717) is 13.1 Å². The van der Waals surface area contributed by atoms with Crippen LogP contribution in [0.5, 0.6) is 0 Å². The van der Waals surface area contributed by atoms with E-state index in [0.717, 1.165) is 22.6 Å². The molecule has 0 aliphatic rings. The van der Waals surface area contributed by atoms with Gasteiger partial charge in [0.15, 0.2) is 0 Å². The first-order chi connectivity index (χ1) is 9.67. The largest absolute Gasteiger partial charge is 0.332 e. The number of aromatic nitrogens is 1. The van der Waals surface area contributed by atoms with Gasteiger partial charge in [-0.3, -0.25) is 4.98 Å². The molecule has 5 heteroatoms. The molecule has 0 saturated heterocycles. The standard InChI is InChI=1S/C15H18N4O/c1-11-3-2-4-14(18-11)10-17-15(20)19-13-7-5-12(9-16)6-8-13/h2-8H,9-10,16H2,1H3,(H2,17,19,20). The van der Waals surface area contributed by atoms with E-state index in [1.165, 1.54) is 0 Å². The van der Waals surface area contributed by atoms with E-state index in [2.05, 4.69) is 15.6 Å². The number of rotatable bonds is 4. The van der Waals surface area contributed by atoms with Crippen LogP contribution in [-0.2, 0) is 13.1 Å². The number of benzene rings is 1. The lowest BCUT2D eigenvalue weighted by molar-refractivity contribution is 0.251. The number of nitrogens with two attached hydrogens (primary N) is 1. The third-order valence-corrected chi connectivity index (χ3v) is 2.82. The van der Waals surface area contributed by atoms with E-state index in [1.807, 2.05) is 49.4 Å². The van der Waals surface area contributed by atoms with E-state index < -0.39 is 0 Å². The van der Waals surface area contributed by atoms with E-state index in [4.69, 9.17) is 5.73 Å². The van der Waals surface area contributed by atoms with Crippen LogP contribution in [-0.4, -0.2) is 11.0 Å². The normalized spacial score (nSPS) is 10.1. The van der Waals surface area contributed by atoms with Gasteiger partial charge in [0, 0.05) is 17.9 Å². The minimum absolute atomic E-state index is 0.256. The van der Waals surface area contributed by atoms with E-state index in [-0.39, 0.29) is 6.03 Å². The number of nitrogens with zero attached hydrogens (tertiary/aromatic N) is 1. The van der Waals surface area contributed by atoms with E-state index >= 15 is 0 Å². The Kier molecular flexibility index (Phi) is 4.68. The lowest BCUT2D eigenvalue weighted by atomic mass is 10.2. The zero-order valence-electron chi connectivity index (χ0n) is 11.4. The van der Waals surface area contributed by atoms with Gasteiger partial charge < -0.3 is 16.4 Å². The quantitative estimate of drug-likeness (QED) is 0.796. The molecule has 0 spiro atoms. The molecule has 5 nitrogen and oxygen atoms in total. The zero-order valence-corrected chi connectivity index (χ0v) is 11.4. The van der Waals surface area contributed by atoms with Crippen LogP contribution in [0, 0.1) is 6.92 Å². The fourth-order valence-corrected chi connectivity index (χ4v) is 1.77. The lowest BCUT2D eigenvalue weighted by Crippen LogP contribution is -2.28. The van der Waals surface area contributed by atoms with Crippen molar-refractivity contribution in [1.82, 2.24) is 10.3 Å². The molecule has 0 saturated carbocycles. The molecular weight excluding hydrogens is 252 g/mol. The number of aryl methyl sites for hydroxylation is 1. The van der Waals surface area contributed by atoms with Crippen LogP contribution in [0.1, 0.15) is 17.0 Å². The molecular formula is C15H18N4O. The molecule has 2 aromatic rings. The summed E-state index contributed by atoms with van der Waals surface area (Å²) in [4.78, 5) is 16.1. The van der Waals surface area contributed by atoms with Crippen molar-refractivity contribution >= 4 is 11.7 Å². The summed E-state index contributed by atoms with van der Waals surface area (Å²) in [6, 6.07) is 12.9. The average molecular weight is 270 g/mol. The van der Waals surface area contributed by atoms with Gasteiger partial charge in [-0.15, -0.1) is 0 Å². The number of amides is 2. The Morgan fingerprint density at radius 1 is 1.20 bits per heavy atom. The summed E-state index contributed by atoms with van der Waals surface area (Å²) < 4.78 is 0. The zero-order chi connectivity index (χ0) is 14.4. The van der Waals surface area contributed by atoms with Crippen molar-refractivity contribution in [1.29, 1.82) is 0 Å². The highest BCUT2D eigenvalue weighted by molar-refractivity contribution is 5.89. The van der Waals surface area contributed by atoms with Crippen LogP contribution >= 0.6 is 0 Å². The number of carbonyl (C=O) groups is 1. The van der Waals surface area contributed by atoms with Crippen molar-refractivity contribution in [2.45, 2.75) is 20.0 Å². The minimum atomic E-state index is -0.256. The molecule has 20 heavy (non-hydrogen) atoms. The summed E-state index contributed by atoms with van der Waals surface area (Å²) in [5, 5.41) is 5.53. The van der Waals surface area contributed by atoms with Crippen LogP contribution in [0.4, 0.5) is 10.5 Å². The maximum Gasteiger partial charge on any atom is 0.319 e. The summed E-state index contributed by atoms with van der Waals surface area (Å²) in [7, 11) is 0. The van der Waals surface area contributed by atoms with Gasteiger partial charge in [0.25, 0.3) is 0 Å². The number of hydrogen-bond donors (Lipinski definition) is 3. The van der Waals surface area contributed by atoms with Crippen LogP contribution < -0.4 is 16.4 Å². The monoisotopic (exact) mass is 270 g/mol. The second-order valence-electron chi connectivity index (χ2n) is 4.48. The van der Waals surface area contributed by atoms with Gasteiger partial charge in [-0.05, 0) is 36.8 Å². The number of pyridine rings is 1. The smallest absolute Gasteiger partial charge is 0.319 e. The molecule has 0 fully saturated rings. The van der Waals surface area contributed by atoms with Gasteiger partial charge in [-0.2, -0.15) is 0 Å². The third-order valence-electron chi connectivity index (χ3n) is 2.82. The Morgan fingerprint density at radius 3 is 2.60 bits per heavy atom. The van der Waals surface area contributed by atoms with Gasteiger partial charge in [0.05, 0.1) is 12.2 Å². The number of nitrogens with one attached hydrogen (secondary N) is 2. The number of carbonyl (C=O) groups excluding carboxylic acids is 1. The van der Waals surface area contributed by atoms with Crippen molar-refractivity contribution in [3.05, 3.63) is 59.4 Å². The van der Waals surface area contributed by atoms with Gasteiger partial charge in [0.1, 0.15) is 0 Å². The fourth-order valence-electron chi connectivity index (χ4n) is 1.77. The summed E-state index contributed by atoms with van der Waals surface area (Å²) in [6.45, 7) is 2.81. The van der Waals surface area contributed by atoms with Gasteiger partial charge >= 0.3 is 6.03 Å². The van der Waals surface area contributed by atoms with Crippen LogP contribution in [0.15, 0.2) is 42.5 Å². The van der Waals surface area contributed by atoms with Crippen molar-refractivity contribution in [2.75, 3.05) is 5.32 Å². The number of urea groups is 1. The first-order valence-electron chi connectivity index (χ1n) is 6.44. The number of hydrogen-bond acceptors (Lipinski definition) is 3. The Morgan fingerprint density at radius 2 is 1.95 bits per heavy atom. The molecule has 1 heterocycles. The molecule has 0 aliphatic heterocycles. The highest BCUT2D eigenvalue weighted by Gasteiger charge is 2.02. The predicted molar refractivity (Wildman–Crippen MR) is 79.2 cm³/mol. The Hall–Kier alpha value is -2.40. The van der Waals surface area contributed by atoms with Crippen LogP contribution in [0.2, 0.25) is 0 Å². The second kappa shape index (κ2) is 6.68. The third kappa shape index (κ3) is 4.07. The highest BCUT2D eigenvalue weighted by Crippen LogP contribution is 2.08. The summed E-state index contributed by atoms with van der Waals surface area (Å²) >= 11 is 0. The Bertz CT molecular complexity index is 581. The molecule has 2 rings (SSSR count). The highest BCUT2D eigenvalue weighted by atomic mass is 16.2. The molecule has 104 valence electrons. The van der Waals surface area contributed by atoms with Crippen molar-refractivity contribution in [2.24, 2.45) is 5.73 Å². The van der Waals surface area contributed by atoms with Crippen molar-refractivity contribution in [3.8, 4) is 0 Å². The maximum atomic E-state index is 11.8. The van der Waals surface area contributed by atoms with Crippen molar-refractivity contribution < 1.29 is 4.79 Å². The van der Waals surface area contributed by atoms with Crippen molar-refractivity contribution in [3.63, 3.8) is 0 Å². The predicted octanol–water partition coefficient (Wildman–Crippen LogP) is 2.17. The molecule has 1 aromatic heterocycles. The Labute approximate surface area is 118 Å². The second-order valence-corrected chi connectivity index (χ2v) is 4.48. The molecule has 2 amide bonds. The Balaban J connectivity index is 1.85. The fraction of sp³-hybridized carbons (Fsp3) is 0.200.